The van der Waals surface area contributed by atoms with Gasteiger partial charge in [0.25, 0.3) is 0 Å². The number of likely N-dealkylation sites (tertiary alicyclic amines) is 1. The number of nitrogens with zero attached hydrogens (tertiary/aromatic N) is 2. The summed E-state index contributed by atoms with van der Waals surface area (Å²) < 4.78 is 6.26. The summed E-state index contributed by atoms with van der Waals surface area (Å²) in [5, 5.41) is 0. The van der Waals surface area contributed by atoms with Crippen molar-refractivity contribution in [3.8, 4) is 0 Å². The van der Waals surface area contributed by atoms with E-state index >= 15 is 0 Å². The van der Waals surface area contributed by atoms with E-state index in [9.17, 15) is 4.79 Å². The maximum absolute atomic E-state index is 13.2. The molecular formula is C23H34N2O2. The summed E-state index contributed by atoms with van der Waals surface area (Å²) in [6.45, 7) is 6.22. The third-order valence-corrected chi connectivity index (χ3v) is 6.98. The summed E-state index contributed by atoms with van der Waals surface area (Å²) in [6, 6.07) is 11.0. The molecule has 1 aromatic rings. The maximum Gasteiger partial charge on any atom is 0.227 e. The van der Waals surface area contributed by atoms with Gasteiger partial charge in [-0.25, -0.2) is 0 Å². The van der Waals surface area contributed by atoms with Crippen molar-refractivity contribution in [1.29, 1.82) is 0 Å². The molecule has 4 nitrogen and oxygen atoms in total. The lowest BCUT2D eigenvalue weighted by Crippen LogP contribution is -2.59. The van der Waals surface area contributed by atoms with Crippen molar-refractivity contribution in [3.63, 3.8) is 0 Å². The second-order valence-electron chi connectivity index (χ2n) is 8.60. The van der Waals surface area contributed by atoms with Crippen molar-refractivity contribution in [2.75, 3.05) is 26.2 Å². The van der Waals surface area contributed by atoms with E-state index in [1.165, 1.54) is 38.8 Å². The number of benzene rings is 1. The van der Waals surface area contributed by atoms with Crippen molar-refractivity contribution >= 4 is 5.91 Å². The van der Waals surface area contributed by atoms with Crippen LogP contribution >= 0.6 is 0 Å². The highest BCUT2D eigenvalue weighted by Crippen LogP contribution is 2.43. The van der Waals surface area contributed by atoms with Crippen LogP contribution in [0.4, 0.5) is 0 Å². The molecule has 1 saturated carbocycles. The Bertz CT molecular complexity index is 621. The fourth-order valence-corrected chi connectivity index (χ4v) is 5.61. The number of likely N-dealkylation sites (N-methyl/N-ethyl adjacent to an activating group) is 1. The lowest BCUT2D eigenvalue weighted by molar-refractivity contribution is -0.138. The van der Waals surface area contributed by atoms with E-state index in [0.717, 1.165) is 38.0 Å². The van der Waals surface area contributed by atoms with Crippen molar-refractivity contribution in [3.05, 3.63) is 35.9 Å². The molecule has 3 atom stereocenters. The molecule has 0 N–H and O–H groups in total. The first kappa shape index (κ1) is 18.9. The molecule has 2 heterocycles. The highest BCUT2D eigenvalue weighted by Gasteiger charge is 2.47. The van der Waals surface area contributed by atoms with Gasteiger partial charge in [0.1, 0.15) is 0 Å². The highest BCUT2D eigenvalue weighted by molar-refractivity contribution is 5.79. The van der Waals surface area contributed by atoms with E-state index in [1.54, 1.807) is 0 Å². The molecule has 0 aromatic heterocycles. The Hall–Kier alpha value is -1.39. The Morgan fingerprint density at radius 3 is 2.63 bits per heavy atom. The molecule has 4 heteroatoms. The molecule has 148 valence electrons. The molecule has 1 spiro atoms. The summed E-state index contributed by atoms with van der Waals surface area (Å²) in [4.78, 5) is 18.0. The van der Waals surface area contributed by atoms with Crippen molar-refractivity contribution in [2.45, 2.75) is 76.0 Å². The quantitative estimate of drug-likeness (QED) is 0.793. The lowest BCUT2D eigenvalue weighted by Gasteiger charge is -2.49. The SMILES string of the molecule is CCN(C(=O)Cc1ccccc1)C1CCC2(CCCO2)CC1N1CCCC1. The fraction of sp³-hybridized carbons (Fsp3) is 0.696. The zero-order valence-electron chi connectivity index (χ0n) is 16.7. The Labute approximate surface area is 163 Å². The molecule has 27 heavy (non-hydrogen) atoms. The van der Waals surface area contributed by atoms with Gasteiger partial charge < -0.3 is 9.64 Å². The Morgan fingerprint density at radius 1 is 1.19 bits per heavy atom. The second kappa shape index (κ2) is 8.32. The Balaban J connectivity index is 1.52. The van der Waals surface area contributed by atoms with Crippen LogP contribution in [0.15, 0.2) is 30.3 Å². The molecular weight excluding hydrogens is 336 g/mol. The van der Waals surface area contributed by atoms with Crippen LogP contribution in [-0.4, -0.2) is 59.6 Å². The normalized spacial score (nSPS) is 31.4. The molecule has 2 aliphatic heterocycles. The number of ether oxygens (including phenoxy) is 1. The number of hydrogen-bond acceptors (Lipinski definition) is 3. The third-order valence-electron chi connectivity index (χ3n) is 6.98. The van der Waals surface area contributed by atoms with Gasteiger partial charge in [0.05, 0.1) is 12.0 Å². The van der Waals surface area contributed by atoms with Gasteiger partial charge in [-0.15, -0.1) is 0 Å². The van der Waals surface area contributed by atoms with E-state index in [2.05, 4.69) is 28.9 Å². The molecule has 2 saturated heterocycles. The van der Waals surface area contributed by atoms with Crippen LogP contribution in [0.2, 0.25) is 0 Å². The molecule has 3 aliphatic rings. The van der Waals surface area contributed by atoms with E-state index in [4.69, 9.17) is 4.74 Å². The lowest BCUT2D eigenvalue weighted by atomic mass is 9.76. The van der Waals surface area contributed by atoms with Crippen LogP contribution in [0, 0.1) is 0 Å². The molecule has 1 amide bonds. The first-order valence-corrected chi connectivity index (χ1v) is 10.9. The van der Waals surface area contributed by atoms with Crippen LogP contribution in [0.3, 0.4) is 0 Å². The minimum absolute atomic E-state index is 0.0889. The number of carbonyl (C=O) groups excluding carboxylic acids is 1. The van der Waals surface area contributed by atoms with E-state index < -0.39 is 0 Å². The Morgan fingerprint density at radius 2 is 1.96 bits per heavy atom. The zero-order chi connectivity index (χ0) is 18.7. The fourth-order valence-electron chi connectivity index (χ4n) is 5.61. The van der Waals surface area contributed by atoms with Crippen molar-refractivity contribution < 1.29 is 9.53 Å². The average Bonchev–Trinajstić information content (AvgIpc) is 3.37. The number of amides is 1. The van der Waals surface area contributed by atoms with Gasteiger partial charge in [-0.2, -0.15) is 0 Å². The van der Waals surface area contributed by atoms with Crippen LogP contribution in [-0.2, 0) is 16.0 Å². The van der Waals surface area contributed by atoms with Gasteiger partial charge in [0.2, 0.25) is 5.91 Å². The standard InChI is InChI=1S/C23H34N2O2/c1-2-25(22(26)17-19-9-4-3-5-10-19)20-11-13-23(12-8-16-27-23)18-21(20)24-14-6-7-15-24/h3-5,9-10,20-21H,2,6-8,11-18H2,1H3. The largest absolute Gasteiger partial charge is 0.375 e. The predicted molar refractivity (Wildman–Crippen MR) is 108 cm³/mol. The van der Waals surface area contributed by atoms with Crippen molar-refractivity contribution in [2.24, 2.45) is 0 Å². The van der Waals surface area contributed by atoms with Gasteiger partial charge in [-0.1, -0.05) is 30.3 Å². The number of carbonyl (C=O) groups is 1. The molecule has 3 unspecified atom stereocenters. The topological polar surface area (TPSA) is 32.8 Å². The second-order valence-corrected chi connectivity index (χ2v) is 8.60. The Kier molecular flexibility index (Phi) is 5.84. The first-order valence-electron chi connectivity index (χ1n) is 10.9. The van der Waals surface area contributed by atoms with Crippen LogP contribution in [0.1, 0.15) is 57.4 Å². The molecule has 0 radical (unpaired) electrons. The van der Waals surface area contributed by atoms with E-state index in [0.29, 0.717) is 18.5 Å². The maximum atomic E-state index is 13.2. The minimum Gasteiger partial charge on any atom is -0.375 e. The summed E-state index contributed by atoms with van der Waals surface area (Å²) in [5.74, 6) is 0.279. The summed E-state index contributed by atoms with van der Waals surface area (Å²) in [5.41, 5.74) is 1.20. The highest BCUT2D eigenvalue weighted by atomic mass is 16.5. The smallest absolute Gasteiger partial charge is 0.227 e. The van der Waals surface area contributed by atoms with Gasteiger partial charge in [-0.3, -0.25) is 9.69 Å². The van der Waals surface area contributed by atoms with Crippen LogP contribution in [0.5, 0.6) is 0 Å². The summed E-state index contributed by atoms with van der Waals surface area (Å²) in [6.07, 6.45) is 8.79. The molecule has 3 fully saturated rings. The summed E-state index contributed by atoms with van der Waals surface area (Å²) >= 11 is 0. The predicted octanol–water partition coefficient (Wildman–Crippen LogP) is 3.64. The van der Waals surface area contributed by atoms with Gasteiger partial charge in [0.15, 0.2) is 0 Å². The zero-order valence-corrected chi connectivity index (χ0v) is 16.7. The van der Waals surface area contributed by atoms with Crippen LogP contribution < -0.4 is 0 Å². The van der Waals surface area contributed by atoms with Gasteiger partial charge in [0, 0.05) is 25.2 Å². The molecule has 1 aromatic carbocycles. The van der Waals surface area contributed by atoms with Gasteiger partial charge >= 0.3 is 0 Å². The average molecular weight is 371 g/mol. The number of hydrogen-bond donors (Lipinski definition) is 0. The van der Waals surface area contributed by atoms with E-state index in [-0.39, 0.29) is 11.5 Å². The van der Waals surface area contributed by atoms with Crippen LogP contribution in [0.25, 0.3) is 0 Å². The molecule has 1 aliphatic carbocycles. The third kappa shape index (κ3) is 4.07. The van der Waals surface area contributed by atoms with Crippen molar-refractivity contribution in [1.82, 2.24) is 9.80 Å². The minimum atomic E-state index is 0.0889. The monoisotopic (exact) mass is 370 g/mol. The first-order chi connectivity index (χ1) is 13.2. The molecule has 0 bridgehead atoms. The van der Waals surface area contributed by atoms with Gasteiger partial charge in [-0.05, 0) is 70.5 Å². The molecule has 4 rings (SSSR count). The van der Waals surface area contributed by atoms with E-state index in [1.807, 2.05) is 18.2 Å². The number of rotatable bonds is 5. The summed E-state index contributed by atoms with van der Waals surface area (Å²) in [7, 11) is 0.